The molecule has 1 amide bonds. The van der Waals surface area contributed by atoms with E-state index in [-0.39, 0.29) is 23.4 Å². The maximum atomic E-state index is 12.3. The number of anilines is 1. The number of nitrogens with one attached hydrogen (secondary N) is 1. The monoisotopic (exact) mass is 376 g/mol. The van der Waals surface area contributed by atoms with Crippen LogP contribution in [0.4, 0.5) is 5.69 Å². The summed E-state index contributed by atoms with van der Waals surface area (Å²) in [5.41, 5.74) is 9.65. The molecule has 2 aromatic rings. The molecule has 0 atom stereocenters. The zero-order valence-electron chi connectivity index (χ0n) is 12.6. The summed E-state index contributed by atoms with van der Waals surface area (Å²) in [6.45, 7) is 0.180. The Morgan fingerprint density at radius 2 is 1.52 bits per heavy atom. The van der Waals surface area contributed by atoms with Crippen molar-refractivity contribution in [3.8, 4) is 0 Å². The second kappa shape index (κ2) is 8.30. The Hall–Kier alpha value is -2.86. The van der Waals surface area contributed by atoms with Crippen LogP contribution in [0.2, 0.25) is 0 Å². The third-order valence-electron chi connectivity index (χ3n) is 3.18. The molecule has 0 spiro atoms. The Morgan fingerprint density at radius 1 is 0.960 bits per heavy atom. The van der Waals surface area contributed by atoms with Gasteiger partial charge in [0.15, 0.2) is 0 Å². The van der Waals surface area contributed by atoms with E-state index >= 15 is 0 Å². The standard InChI is InChI=1S/C16H10Cl2N4O3/c17-14(23)11-5-12(15(18)24)7-13(6-11)21-16(25)10-3-1-9(2-4-10)8-20-22-19/h1-7H,8H2,(H,21,25). The lowest BCUT2D eigenvalue weighted by atomic mass is 10.1. The minimum absolute atomic E-state index is 0.0354. The van der Waals surface area contributed by atoms with Gasteiger partial charge in [-0.05, 0) is 64.6 Å². The Morgan fingerprint density at radius 3 is 2.00 bits per heavy atom. The highest BCUT2D eigenvalue weighted by Gasteiger charge is 2.13. The van der Waals surface area contributed by atoms with E-state index in [2.05, 4.69) is 15.3 Å². The van der Waals surface area contributed by atoms with Crippen molar-refractivity contribution in [2.45, 2.75) is 6.54 Å². The highest BCUT2D eigenvalue weighted by Crippen LogP contribution is 2.19. The molecular formula is C16H10Cl2N4O3. The normalized spacial score (nSPS) is 9.84. The molecular weight excluding hydrogens is 367 g/mol. The number of benzene rings is 2. The van der Waals surface area contributed by atoms with Crippen LogP contribution in [0.1, 0.15) is 36.6 Å². The number of rotatable bonds is 6. The number of carbonyl (C=O) groups excluding carboxylic acids is 3. The van der Waals surface area contributed by atoms with Gasteiger partial charge in [-0.15, -0.1) is 0 Å². The number of azide groups is 1. The zero-order valence-corrected chi connectivity index (χ0v) is 14.1. The molecule has 0 aliphatic carbocycles. The molecule has 0 saturated heterocycles. The Labute approximate surface area is 152 Å². The first kappa shape index (κ1) is 18.5. The van der Waals surface area contributed by atoms with Gasteiger partial charge in [0, 0.05) is 27.3 Å². The lowest BCUT2D eigenvalue weighted by molar-refractivity contribution is 0.102. The fraction of sp³-hybridized carbons (Fsp3) is 0.0625. The molecule has 0 aliphatic heterocycles. The molecule has 0 saturated carbocycles. The van der Waals surface area contributed by atoms with Crippen molar-refractivity contribution in [2.75, 3.05) is 5.32 Å². The summed E-state index contributed by atoms with van der Waals surface area (Å²) in [5.74, 6) is -0.456. The molecule has 2 aromatic carbocycles. The van der Waals surface area contributed by atoms with E-state index in [1.807, 2.05) is 0 Å². The van der Waals surface area contributed by atoms with Gasteiger partial charge < -0.3 is 5.32 Å². The molecule has 9 heteroatoms. The van der Waals surface area contributed by atoms with Gasteiger partial charge in [-0.1, -0.05) is 17.2 Å². The molecule has 7 nitrogen and oxygen atoms in total. The van der Waals surface area contributed by atoms with Gasteiger partial charge in [0.05, 0.1) is 6.54 Å². The van der Waals surface area contributed by atoms with Crippen molar-refractivity contribution in [1.82, 2.24) is 0 Å². The molecule has 0 radical (unpaired) electrons. The highest BCUT2D eigenvalue weighted by atomic mass is 35.5. The van der Waals surface area contributed by atoms with Gasteiger partial charge >= 0.3 is 0 Å². The Balaban J connectivity index is 2.23. The van der Waals surface area contributed by atoms with E-state index < -0.39 is 16.4 Å². The average Bonchev–Trinajstić information content (AvgIpc) is 2.59. The predicted octanol–water partition coefficient (Wildman–Crippen LogP) is 4.51. The van der Waals surface area contributed by atoms with E-state index in [0.717, 1.165) is 5.56 Å². The van der Waals surface area contributed by atoms with Crippen LogP contribution in [-0.4, -0.2) is 16.4 Å². The van der Waals surface area contributed by atoms with Crippen LogP contribution in [0, 0.1) is 0 Å². The second-order valence-corrected chi connectivity index (χ2v) is 5.57. The van der Waals surface area contributed by atoms with Crippen molar-refractivity contribution in [2.24, 2.45) is 5.11 Å². The Kier molecular flexibility index (Phi) is 6.14. The average molecular weight is 377 g/mol. The topological polar surface area (TPSA) is 112 Å². The van der Waals surface area contributed by atoms with Crippen LogP contribution in [0.25, 0.3) is 10.4 Å². The van der Waals surface area contributed by atoms with E-state index in [1.165, 1.54) is 18.2 Å². The van der Waals surface area contributed by atoms with Gasteiger partial charge in [0.1, 0.15) is 0 Å². The van der Waals surface area contributed by atoms with Crippen molar-refractivity contribution < 1.29 is 14.4 Å². The quantitative estimate of drug-likeness (QED) is 0.346. The lowest BCUT2D eigenvalue weighted by Crippen LogP contribution is -2.13. The van der Waals surface area contributed by atoms with Gasteiger partial charge in [0.25, 0.3) is 16.4 Å². The van der Waals surface area contributed by atoms with Crippen LogP contribution in [0.15, 0.2) is 47.6 Å². The van der Waals surface area contributed by atoms with E-state index in [4.69, 9.17) is 28.7 Å². The largest absolute Gasteiger partial charge is 0.322 e. The molecule has 0 unspecified atom stereocenters. The molecule has 1 N–H and O–H groups in total. The number of hydrogen-bond donors (Lipinski definition) is 1. The van der Waals surface area contributed by atoms with Gasteiger partial charge in [0.2, 0.25) is 0 Å². The van der Waals surface area contributed by atoms with Crippen molar-refractivity contribution >= 4 is 45.3 Å². The number of amides is 1. The van der Waals surface area contributed by atoms with E-state index in [1.54, 1.807) is 24.3 Å². The molecule has 126 valence electrons. The Bertz CT molecular complexity index is 859. The van der Waals surface area contributed by atoms with E-state index in [9.17, 15) is 14.4 Å². The summed E-state index contributed by atoms with van der Waals surface area (Å²) in [6, 6.07) is 10.3. The van der Waals surface area contributed by atoms with Crippen LogP contribution in [0.5, 0.6) is 0 Å². The lowest BCUT2D eigenvalue weighted by Gasteiger charge is -2.08. The van der Waals surface area contributed by atoms with Crippen LogP contribution in [0.3, 0.4) is 0 Å². The van der Waals surface area contributed by atoms with Crippen LogP contribution < -0.4 is 5.32 Å². The summed E-state index contributed by atoms with van der Waals surface area (Å²) >= 11 is 10.8. The maximum Gasteiger partial charge on any atom is 0.255 e. The molecule has 0 fully saturated rings. The summed E-state index contributed by atoms with van der Waals surface area (Å²) < 4.78 is 0. The van der Waals surface area contributed by atoms with Crippen LogP contribution in [-0.2, 0) is 6.54 Å². The minimum atomic E-state index is -0.780. The van der Waals surface area contributed by atoms with Crippen molar-refractivity contribution in [3.63, 3.8) is 0 Å². The fourth-order valence-corrected chi connectivity index (χ4v) is 2.22. The third-order valence-corrected chi connectivity index (χ3v) is 3.61. The highest BCUT2D eigenvalue weighted by molar-refractivity contribution is 6.69. The summed E-state index contributed by atoms with van der Waals surface area (Å²) in [4.78, 5) is 37.6. The minimum Gasteiger partial charge on any atom is -0.322 e. The maximum absolute atomic E-state index is 12.3. The van der Waals surface area contributed by atoms with Crippen LogP contribution >= 0.6 is 23.2 Å². The van der Waals surface area contributed by atoms with Crippen molar-refractivity contribution in [3.05, 3.63) is 75.2 Å². The smallest absolute Gasteiger partial charge is 0.255 e. The fourth-order valence-electron chi connectivity index (χ4n) is 2.00. The number of halogens is 2. The number of nitrogens with zero attached hydrogens (tertiary/aromatic N) is 3. The summed E-state index contributed by atoms with van der Waals surface area (Å²) in [7, 11) is 0. The third kappa shape index (κ3) is 5.06. The first-order valence-electron chi connectivity index (χ1n) is 6.86. The number of carbonyl (C=O) groups is 3. The summed E-state index contributed by atoms with van der Waals surface area (Å²) in [6.07, 6.45) is 0. The van der Waals surface area contributed by atoms with E-state index in [0.29, 0.717) is 5.56 Å². The first-order valence-corrected chi connectivity index (χ1v) is 7.62. The molecule has 25 heavy (non-hydrogen) atoms. The molecule has 0 aliphatic rings. The molecule has 0 aromatic heterocycles. The molecule has 0 heterocycles. The SMILES string of the molecule is [N-]=[N+]=NCc1ccc(C(=O)Nc2cc(C(=O)Cl)cc(C(=O)Cl)c2)cc1. The zero-order chi connectivity index (χ0) is 18.4. The molecule has 0 bridgehead atoms. The first-order chi connectivity index (χ1) is 11.9. The van der Waals surface area contributed by atoms with Gasteiger partial charge in [-0.3, -0.25) is 14.4 Å². The van der Waals surface area contributed by atoms with Crippen molar-refractivity contribution in [1.29, 1.82) is 0 Å². The number of hydrogen-bond acceptors (Lipinski definition) is 4. The molecule has 2 rings (SSSR count). The second-order valence-electron chi connectivity index (χ2n) is 4.89. The predicted molar refractivity (Wildman–Crippen MR) is 94.1 cm³/mol. The van der Waals surface area contributed by atoms with Gasteiger partial charge in [-0.2, -0.15) is 0 Å². The summed E-state index contributed by atoms with van der Waals surface area (Å²) in [5, 5.41) is 4.44. The van der Waals surface area contributed by atoms with Gasteiger partial charge in [-0.25, -0.2) is 0 Å².